The molecule has 1 amide bonds. The summed E-state index contributed by atoms with van der Waals surface area (Å²) in [5.41, 5.74) is 4.39. The average molecular weight is 304 g/mol. The number of aromatic nitrogens is 3. The molecule has 2 heterocycles. The zero-order chi connectivity index (χ0) is 15.6. The minimum absolute atomic E-state index is 0.0270. The smallest absolute Gasteiger partial charge is 0.251 e. The fourth-order valence-corrected chi connectivity index (χ4v) is 2.49. The summed E-state index contributed by atoms with van der Waals surface area (Å²) in [6.45, 7) is 0. The maximum atomic E-state index is 12.2. The van der Waals surface area contributed by atoms with Crippen molar-refractivity contribution < 1.29 is 4.79 Å². The van der Waals surface area contributed by atoms with Crippen LogP contribution in [0.4, 0.5) is 0 Å². The van der Waals surface area contributed by atoms with Gasteiger partial charge in [-0.15, -0.1) is 0 Å². The van der Waals surface area contributed by atoms with Gasteiger partial charge in [0.1, 0.15) is 0 Å². The third-order valence-corrected chi connectivity index (χ3v) is 3.90. The van der Waals surface area contributed by atoms with E-state index in [0.717, 1.165) is 35.4 Å². The second-order valence-corrected chi connectivity index (χ2v) is 5.73. The van der Waals surface area contributed by atoms with Gasteiger partial charge < -0.3 is 5.32 Å². The fourth-order valence-electron chi connectivity index (χ4n) is 2.49. The molecule has 1 aliphatic carbocycles. The van der Waals surface area contributed by atoms with E-state index in [4.69, 9.17) is 0 Å². The molecule has 2 N–H and O–H groups in total. The molecule has 0 radical (unpaired) electrons. The minimum Gasteiger partial charge on any atom is -0.349 e. The molecule has 114 valence electrons. The Morgan fingerprint density at radius 2 is 1.96 bits per heavy atom. The third-order valence-electron chi connectivity index (χ3n) is 3.90. The molecule has 1 fully saturated rings. The molecule has 2 aromatic heterocycles. The van der Waals surface area contributed by atoms with Gasteiger partial charge in [0.2, 0.25) is 0 Å². The quantitative estimate of drug-likeness (QED) is 0.778. The van der Waals surface area contributed by atoms with E-state index >= 15 is 0 Å². The highest BCUT2D eigenvalue weighted by molar-refractivity contribution is 5.95. The molecule has 23 heavy (non-hydrogen) atoms. The van der Waals surface area contributed by atoms with E-state index in [1.165, 1.54) is 0 Å². The molecule has 0 atom stereocenters. The maximum Gasteiger partial charge on any atom is 0.251 e. The number of nitrogens with zero attached hydrogens (tertiary/aromatic N) is 2. The molecular weight excluding hydrogens is 288 g/mol. The molecule has 0 bridgehead atoms. The summed E-state index contributed by atoms with van der Waals surface area (Å²) in [7, 11) is 0. The van der Waals surface area contributed by atoms with Crippen molar-refractivity contribution in [2.24, 2.45) is 0 Å². The normalized spacial score (nSPS) is 13.7. The van der Waals surface area contributed by atoms with Gasteiger partial charge in [0.25, 0.3) is 5.91 Å². The van der Waals surface area contributed by atoms with Gasteiger partial charge in [-0.1, -0.05) is 18.2 Å². The van der Waals surface area contributed by atoms with Crippen LogP contribution in [0.2, 0.25) is 0 Å². The van der Waals surface area contributed by atoms with Crippen LogP contribution in [0.1, 0.15) is 23.2 Å². The first-order chi connectivity index (χ1) is 11.3. The zero-order valence-corrected chi connectivity index (χ0v) is 12.5. The number of carbonyl (C=O) groups is 1. The number of nitrogens with one attached hydrogen (secondary N) is 2. The van der Waals surface area contributed by atoms with Gasteiger partial charge in [0.15, 0.2) is 0 Å². The van der Waals surface area contributed by atoms with Gasteiger partial charge in [-0.2, -0.15) is 5.10 Å². The van der Waals surface area contributed by atoms with Crippen molar-refractivity contribution in [2.75, 3.05) is 0 Å². The van der Waals surface area contributed by atoms with Crippen molar-refractivity contribution in [3.63, 3.8) is 0 Å². The maximum absolute atomic E-state index is 12.2. The van der Waals surface area contributed by atoms with E-state index < -0.39 is 0 Å². The number of hydrogen-bond acceptors (Lipinski definition) is 3. The largest absolute Gasteiger partial charge is 0.349 e. The van der Waals surface area contributed by atoms with Crippen LogP contribution < -0.4 is 5.32 Å². The minimum atomic E-state index is -0.0270. The molecule has 0 saturated heterocycles. The predicted octanol–water partition coefficient (Wildman–Crippen LogP) is 3.03. The van der Waals surface area contributed by atoms with Gasteiger partial charge in [0.05, 0.1) is 11.4 Å². The topological polar surface area (TPSA) is 70.7 Å². The van der Waals surface area contributed by atoms with Crippen LogP contribution in [-0.4, -0.2) is 27.1 Å². The highest BCUT2D eigenvalue weighted by Gasteiger charge is 2.23. The average Bonchev–Trinajstić information content (AvgIpc) is 3.24. The third kappa shape index (κ3) is 2.99. The molecule has 0 unspecified atom stereocenters. The van der Waals surface area contributed by atoms with E-state index in [1.54, 1.807) is 18.5 Å². The number of rotatable bonds is 4. The monoisotopic (exact) mass is 304 g/mol. The molecule has 1 saturated carbocycles. The van der Waals surface area contributed by atoms with Gasteiger partial charge in [-0.05, 0) is 37.1 Å². The van der Waals surface area contributed by atoms with Crippen LogP contribution in [0, 0.1) is 0 Å². The lowest BCUT2D eigenvalue weighted by molar-refractivity contribution is 0.0951. The first-order valence-electron chi connectivity index (χ1n) is 7.67. The summed E-state index contributed by atoms with van der Waals surface area (Å²) in [4.78, 5) is 16.6. The predicted molar refractivity (Wildman–Crippen MR) is 87.7 cm³/mol. The number of benzene rings is 1. The van der Waals surface area contributed by atoms with Crippen molar-refractivity contribution in [3.8, 4) is 22.5 Å². The molecule has 1 aliphatic rings. The Hall–Kier alpha value is -2.95. The molecule has 0 aliphatic heterocycles. The SMILES string of the molecule is O=C(NC1CC1)c1ccnc(-c2cccc(-c3ccn[nH]3)c2)c1. The lowest BCUT2D eigenvalue weighted by Gasteiger charge is -2.07. The number of amides is 1. The second-order valence-electron chi connectivity index (χ2n) is 5.73. The number of carbonyl (C=O) groups excluding carboxylic acids is 1. The van der Waals surface area contributed by atoms with Crippen LogP contribution in [0.25, 0.3) is 22.5 Å². The molecule has 4 rings (SSSR count). The fraction of sp³-hybridized carbons (Fsp3) is 0.167. The molecule has 5 heteroatoms. The van der Waals surface area contributed by atoms with Gasteiger partial charge in [-0.25, -0.2) is 0 Å². The first-order valence-corrected chi connectivity index (χ1v) is 7.67. The van der Waals surface area contributed by atoms with Crippen LogP contribution in [0.15, 0.2) is 54.9 Å². The number of hydrogen-bond donors (Lipinski definition) is 2. The van der Waals surface area contributed by atoms with Crippen LogP contribution in [-0.2, 0) is 0 Å². The Bertz CT molecular complexity index is 838. The van der Waals surface area contributed by atoms with Crippen LogP contribution in [0.3, 0.4) is 0 Å². The summed E-state index contributed by atoms with van der Waals surface area (Å²) in [5, 5.41) is 9.94. The van der Waals surface area contributed by atoms with Crippen molar-refractivity contribution >= 4 is 5.91 Å². The van der Waals surface area contributed by atoms with Gasteiger partial charge in [-0.3, -0.25) is 14.9 Å². The standard InChI is InChI=1S/C18H16N4O/c23-18(21-15-4-5-15)14-6-8-19-17(11-14)13-3-1-2-12(10-13)16-7-9-20-22-16/h1-3,6-11,15H,4-5H2,(H,20,22)(H,21,23). The van der Waals surface area contributed by atoms with Gasteiger partial charge in [0, 0.05) is 35.1 Å². The molecular formula is C18H16N4O. The Kier molecular flexibility index (Phi) is 3.38. The molecule has 0 spiro atoms. The van der Waals surface area contributed by atoms with E-state index in [1.807, 2.05) is 36.4 Å². The summed E-state index contributed by atoms with van der Waals surface area (Å²) in [6.07, 6.45) is 5.56. The Labute approximate surface area is 133 Å². The number of H-pyrrole nitrogens is 1. The highest BCUT2D eigenvalue weighted by Crippen LogP contribution is 2.25. The van der Waals surface area contributed by atoms with Crippen molar-refractivity contribution in [1.82, 2.24) is 20.5 Å². The summed E-state index contributed by atoms with van der Waals surface area (Å²) in [5.74, 6) is -0.0270. The Balaban J connectivity index is 1.65. The Morgan fingerprint density at radius 1 is 1.09 bits per heavy atom. The van der Waals surface area contributed by atoms with E-state index in [9.17, 15) is 4.79 Å². The van der Waals surface area contributed by atoms with Gasteiger partial charge >= 0.3 is 0 Å². The number of pyridine rings is 1. The van der Waals surface area contributed by atoms with E-state index in [0.29, 0.717) is 11.6 Å². The first kappa shape index (κ1) is 13.7. The van der Waals surface area contributed by atoms with E-state index in [-0.39, 0.29) is 5.91 Å². The van der Waals surface area contributed by atoms with Crippen LogP contribution >= 0.6 is 0 Å². The summed E-state index contributed by atoms with van der Waals surface area (Å²) < 4.78 is 0. The molecule has 1 aromatic carbocycles. The highest BCUT2D eigenvalue weighted by atomic mass is 16.1. The van der Waals surface area contributed by atoms with Crippen molar-refractivity contribution in [1.29, 1.82) is 0 Å². The summed E-state index contributed by atoms with van der Waals surface area (Å²) in [6, 6.07) is 13.9. The second kappa shape index (κ2) is 5.68. The molecule has 3 aromatic rings. The van der Waals surface area contributed by atoms with Crippen molar-refractivity contribution in [2.45, 2.75) is 18.9 Å². The number of aromatic amines is 1. The van der Waals surface area contributed by atoms with Crippen molar-refractivity contribution in [3.05, 3.63) is 60.4 Å². The molecule has 5 nitrogen and oxygen atoms in total. The zero-order valence-electron chi connectivity index (χ0n) is 12.5. The lowest BCUT2D eigenvalue weighted by Crippen LogP contribution is -2.25. The lowest BCUT2D eigenvalue weighted by atomic mass is 10.0. The van der Waals surface area contributed by atoms with Crippen LogP contribution in [0.5, 0.6) is 0 Å². The Morgan fingerprint density at radius 3 is 2.74 bits per heavy atom. The summed E-state index contributed by atoms with van der Waals surface area (Å²) >= 11 is 0. The van der Waals surface area contributed by atoms with E-state index in [2.05, 4.69) is 20.5 Å².